The van der Waals surface area contributed by atoms with Crippen LogP contribution in [0.3, 0.4) is 0 Å². The van der Waals surface area contributed by atoms with Crippen LogP contribution in [0.4, 0.5) is 5.69 Å². The first-order valence-electron chi connectivity index (χ1n) is 6.45. The summed E-state index contributed by atoms with van der Waals surface area (Å²) in [7, 11) is 0. The van der Waals surface area contributed by atoms with E-state index in [0.717, 1.165) is 6.42 Å². The number of amides is 1. The van der Waals surface area contributed by atoms with Gasteiger partial charge in [-0.3, -0.25) is 4.79 Å². The minimum absolute atomic E-state index is 0.0575. The van der Waals surface area contributed by atoms with Crippen molar-refractivity contribution in [2.24, 2.45) is 11.7 Å². The van der Waals surface area contributed by atoms with Gasteiger partial charge in [0.2, 0.25) is 5.91 Å². The molecular weight excluding hydrogens is 260 g/mol. The minimum Gasteiger partial charge on any atom is -0.480 e. The zero-order chi connectivity index (χ0) is 15.1. The molecule has 0 bridgehead atoms. The van der Waals surface area contributed by atoms with Gasteiger partial charge in [0.1, 0.15) is 5.75 Å². The zero-order valence-electron chi connectivity index (χ0n) is 11.6. The predicted octanol–water partition coefficient (Wildman–Crippen LogP) is 1.46. The Balaban J connectivity index is 2.76. The summed E-state index contributed by atoms with van der Waals surface area (Å²) in [4.78, 5) is 22.5. The van der Waals surface area contributed by atoms with Gasteiger partial charge in [0, 0.05) is 0 Å². The number of carboxylic acid groups (broad SMARTS) is 1. The van der Waals surface area contributed by atoms with E-state index in [0.29, 0.717) is 11.4 Å². The Labute approximate surface area is 117 Å². The molecule has 1 aromatic carbocycles. The Kier molecular flexibility index (Phi) is 5.99. The summed E-state index contributed by atoms with van der Waals surface area (Å²) >= 11 is 0. The lowest BCUT2D eigenvalue weighted by atomic mass is 9.99. The molecule has 2 atom stereocenters. The van der Waals surface area contributed by atoms with Crippen LogP contribution in [0.15, 0.2) is 24.3 Å². The van der Waals surface area contributed by atoms with E-state index < -0.39 is 18.6 Å². The second kappa shape index (κ2) is 7.49. The molecule has 0 aliphatic rings. The maximum absolute atomic E-state index is 12.0. The van der Waals surface area contributed by atoms with E-state index in [1.807, 2.05) is 13.8 Å². The van der Waals surface area contributed by atoms with Crippen LogP contribution < -0.4 is 15.8 Å². The van der Waals surface area contributed by atoms with Crippen molar-refractivity contribution in [3.8, 4) is 5.75 Å². The number of anilines is 1. The molecular formula is C14H20N2O4. The van der Waals surface area contributed by atoms with Crippen LogP contribution in [0.5, 0.6) is 5.75 Å². The van der Waals surface area contributed by atoms with E-state index in [4.69, 9.17) is 15.6 Å². The number of nitrogens with one attached hydrogen (secondary N) is 1. The third kappa shape index (κ3) is 4.55. The fraction of sp³-hybridized carbons (Fsp3) is 0.429. The number of hydrogen-bond acceptors (Lipinski definition) is 4. The molecule has 0 saturated heterocycles. The summed E-state index contributed by atoms with van der Waals surface area (Å²) in [6.45, 7) is 3.39. The molecule has 0 radical (unpaired) electrons. The van der Waals surface area contributed by atoms with E-state index in [-0.39, 0.29) is 11.8 Å². The summed E-state index contributed by atoms with van der Waals surface area (Å²) in [5.74, 6) is -1.03. The van der Waals surface area contributed by atoms with Crippen molar-refractivity contribution in [2.75, 3.05) is 11.9 Å². The van der Waals surface area contributed by atoms with Gasteiger partial charge >= 0.3 is 5.97 Å². The second-order valence-corrected chi connectivity index (χ2v) is 4.58. The topological polar surface area (TPSA) is 102 Å². The molecule has 0 saturated carbocycles. The van der Waals surface area contributed by atoms with Crippen LogP contribution >= 0.6 is 0 Å². The molecule has 1 aromatic rings. The molecule has 0 fully saturated rings. The molecule has 0 heterocycles. The van der Waals surface area contributed by atoms with Crippen molar-refractivity contribution in [2.45, 2.75) is 26.3 Å². The molecule has 0 spiro atoms. The van der Waals surface area contributed by atoms with Gasteiger partial charge < -0.3 is 20.9 Å². The first-order chi connectivity index (χ1) is 9.45. The van der Waals surface area contributed by atoms with Crippen molar-refractivity contribution >= 4 is 17.6 Å². The van der Waals surface area contributed by atoms with Crippen molar-refractivity contribution in [1.29, 1.82) is 0 Å². The minimum atomic E-state index is -1.08. The molecule has 0 aliphatic heterocycles. The number of benzene rings is 1. The fourth-order valence-corrected chi connectivity index (χ4v) is 1.56. The molecule has 110 valence electrons. The Morgan fingerprint density at radius 2 is 2.05 bits per heavy atom. The number of rotatable bonds is 7. The number of carbonyl (C=O) groups is 2. The highest BCUT2D eigenvalue weighted by Gasteiger charge is 2.20. The Hall–Kier alpha value is -2.08. The molecule has 20 heavy (non-hydrogen) atoms. The third-order valence-corrected chi connectivity index (χ3v) is 3.06. The van der Waals surface area contributed by atoms with Gasteiger partial charge in [-0.05, 0) is 18.1 Å². The highest BCUT2D eigenvalue weighted by atomic mass is 16.5. The molecule has 0 aromatic heterocycles. The van der Waals surface area contributed by atoms with Gasteiger partial charge in [0.05, 0.1) is 11.7 Å². The maximum atomic E-state index is 12.0. The lowest BCUT2D eigenvalue weighted by molar-refractivity contribution is -0.139. The number of nitrogens with two attached hydrogens (primary N) is 1. The molecule has 4 N–H and O–H groups in total. The molecule has 1 rings (SSSR count). The predicted molar refractivity (Wildman–Crippen MR) is 75.6 cm³/mol. The molecule has 0 aliphatic carbocycles. The monoisotopic (exact) mass is 280 g/mol. The van der Waals surface area contributed by atoms with Crippen LogP contribution in [0.2, 0.25) is 0 Å². The van der Waals surface area contributed by atoms with Crippen molar-refractivity contribution < 1.29 is 19.4 Å². The highest BCUT2D eigenvalue weighted by molar-refractivity contribution is 5.96. The molecule has 2 unspecified atom stereocenters. The molecule has 6 heteroatoms. The van der Waals surface area contributed by atoms with Crippen molar-refractivity contribution in [1.82, 2.24) is 0 Å². The van der Waals surface area contributed by atoms with E-state index in [2.05, 4.69) is 5.32 Å². The van der Waals surface area contributed by atoms with Crippen molar-refractivity contribution in [3.05, 3.63) is 24.3 Å². The Bertz CT molecular complexity index is 476. The number of aliphatic carboxylic acids is 1. The Morgan fingerprint density at radius 3 is 2.65 bits per heavy atom. The SMILES string of the molecule is CCC(C)C(N)C(=O)Nc1ccccc1OCC(=O)O. The van der Waals surface area contributed by atoms with Gasteiger partial charge in [0.25, 0.3) is 0 Å². The number of carboxylic acids is 1. The largest absolute Gasteiger partial charge is 0.480 e. The first kappa shape index (κ1) is 16.0. The quantitative estimate of drug-likeness (QED) is 0.702. The second-order valence-electron chi connectivity index (χ2n) is 4.58. The lowest BCUT2D eigenvalue weighted by Gasteiger charge is -2.18. The van der Waals surface area contributed by atoms with E-state index in [9.17, 15) is 9.59 Å². The van der Waals surface area contributed by atoms with Gasteiger partial charge in [0.15, 0.2) is 6.61 Å². The number of carbonyl (C=O) groups excluding carboxylic acids is 1. The summed E-state index contributed by atoms with van der Waals surface area (Å²) < 4.78 is 5.11. The third-order valence-electron chi connectivity index (χ3n) is 3.06. The maximum Gasteiger partial charge on any atom is 0.341 e. The van der Waals surface area contributed by atoms with Gasteiger partial charge in [-0.1, -0.05) is 32.4 Å². The standard InChI is InChI=1S/C14H20N2O4/c1-3-9(2)13(15)14(19)16-10-6-4-5-7-11(10)20-8-12(17)18/h4-7,9,13H,3,8,15H2,1-2H3,(H,16,19)(H,17,18). The van der Waals surface area contributed by atoms with Crippen LogP contribution in [0.1, 0.15) is 20.3 Å². The summed E-state index contributed by atoms with van der Waals surface area (Å²) in [6.07, 6.45) is 0.797. The Morgan fingerprint density at radius 1 is 1.40 bits per heavy atom. The van der Waals surface area contributed by atoms with Crippen LogP contribution in [0, 0.1) is 5.92 Å². The molecule has 1 amide bonds. The lowest BCUT2D eigenvalue weighted by Crippen LogP contribution is -2.40. The van der Waals surface area contributed by atoms with Gasteiger partial charge in [-0.2, -0.15) is 0 Å². The average Bonchev–Trinajstić information content (AvgIpc) is 2.44. The van der Waals surface area contributed by atoms with Gasteiger partial charge in [-0.15, -0.1) is 0 Å². The number of hydrogen-bond donors (Lipinski definition) is 3. The normalized spacial score (nSPS) is 13.3. The highest BCUT2D eigenvalue weighted by Crippen LogP contribution is 2.24. The van der Waals surface area contributed by atoms with E-state index in [1.54, 1.807) is 24.3 Å². The fourth-order valence-electron chi connectivity index (χ4n) is 1.56. The molecule has 6 nitrogen and oxygen atoms in total. The number of para-hydroxylation sites is 2. The van der Waals surface area contributed by atoms with Crippen LogP contribution in [-0.4, -0.2) is 29.6 Å². The van der Waals surface area contributed by atoms with Crippen LogP contribution in [-0.2, 0) is 9.59 Å². The summed E-state index contributed by atoms with van der Waals surface area (Å²) in [5, 5.41) is 11.3. The average molecular weight is 280 g/mol. The number of ether oxygens (including phenoxy) is 1. The summed E-state index contributed by atoms with van der Waals surface area (Å²) in [5.41, 5.74) is 6.26. The van der Waals surface area contributed by atoms with E-state index in [1.165, 1.54) is 0 Å². The van der Waals surface area contributed by atoms with Gasteiger partial charge in [-0.25, -0.2) is 4.79 Å². The smallest absolute Gasteiger partial charge is 0.341 e. The van der Waals surface area contributed by atoms with Crippen LogP contribution in [0.25, 0.3) is 0 Å². The summed E-state index contributed by atoms with van der Waals surface area (Å²) in [6, 6.07) is 6.03. The van der Waals surface area contributed by atoms with E-state index >= 15 is 0 Å². The first-order valence-corrected chi connectivity index (χ1v) is 6.45. The van der Waals surface area contributed by atoms with Crippen molar-refractivity contribution in [3.63, 3.8) is 0 Å². The zero-order valence-corrected chi connectivity index (χ0v) is 11.6.